The van der Waals surface area contributed by atoms with Crippen LogP contribution in [0.1, 0.15) is 23.0 Å². The van der Waals surface area contributed by atoms with Crippen LogP contribution in [0, 0.1) is 0 Å². The number of anilines is 1. The molecular formula is C19H15NO3. The Hall–Kier alpha value is -3.14. The van der Waals surface area contributed by atoms with Crippen LogP contribution in [-0.4, -0.2) is 11.7 Å². The van der Waals surface area contributed by atoms with E-state index in [1.165, 1.54) is 13.0 Å². The second kappa shape index (κ2) is 6.32. The molecule has 0 radical (unpaired) electrons. The Labute approximate surface area is 133 Å². The van der Waals surface area contributed by atoms with E-state index in [1.807, 2.05) is 48.5 Å². The molecule has 0 spiro atoms. The number of furan rings is 1. The summed E-state index contributed by atoms with van der Waals surface area (Å²) in [5, 5.41) is 3.40. The summed E-state index contributed by atoms with van der Waals surface area (Å²) in [4.78, 5) is 23.9. The normalized spacial score (nSPS) is 11.0. The number of nitrogens with one attached hydrogen (secondary N) is 1. The molecule has 3 aromatic rings. The summed E-state index contributed by atoms with van der Waals surface area (Å²) in [6.45, 7) is 1.40. The molecule has 1 amide bonds. The maximum atomic E-state index is 12.5. The fourth-order valence-electron chi connectivity index (χ4n) is 2.33. The minimum absolute atomic E-state index is 0.133. The third-order valence-corrected chi connectivity index (χ3v) is 3.35. The van der Waals surface area contributed by atoms with E-state index in [0.29, 0.717) is 16.7 Å². The first-order chi connectivity index (χ1) is 11.1. The largest absolute Gasteiger partial charge is 0.450 e. The lowest BCUT2D eigenvalue weighted by molar-refractivity contribution is -0.114. The molecule has 1 N–H and O–H groups in total. The Bertz CT molecular complexity index is 891. The van der Waals surface area contributed by atoms with Crippen molar-refractivity contribution in [3.8, 4) is 0 Å². The van der Waals surface area contributed by atoms with Crippen LogP contribution in [0.4, 0.5) is 5.69 Å². The maximum Gasteiger partial charge on any atom is 0.223 e. The first-order valence-electron chi connectivity index (χ1n) is 7.22. The van der Waals surface area contributed by atoms with E-state index < -0.39 is 0 Å². The molecule has 3 rings (SSSR count). The number of allylic oxidation sites excluding steroid dienone is 1. The zero-order chi connectivity index (χ0) is 16.2. The number of fused-ring (bicyclic) bond motifs is 1. The molecule has 0 aliphatic carbocycles. The molecule has 0 unspecified atom stereocenters. The van der Waals surface area contributed by atoms with Gasteiger partial charge in [0.2, 0.25) is 11.7 Å². The Morgan fingerprint density at radius 1 is 1.00 bits per heavy atom. The highest BCUT2D eigenvalue weighted by Gasteiger charge is 2.19. The molecule has 2 aromatic carbocycles. The highest BCUT2D eigenvalue weighted by molar-refractivity contribution is 6.15. The second-order valence-electron chi connectivity index (χ2n) is 5.09. The Morgan fingerprint density at radius 3 is 2.43 bits per heavy atom. The van der Waals surface area contributed by atoms with Crippen molar-refractivity contribution in [3.63, 3.8) is 0 Å². The zero-order valence-electron chi connectivity index (χ0n) is 12.6. The van der Waals surface area contributed by atoms with E-state index in [2.05, 4.69) is 5.32 Å². The molecule has 114 valence electrons. The first-order valence-corrected chi connectivity index (χ1v) is 7.22. The molecule has 1 heterocycles. The van der Waals surface area contributed by atoms with Crippen LogP contribution in [0.3, 0.4) is 0 Å². The smallest absolute Gasteiger partial charge is 0.223 e. The Morgan fingerprint density at radius 2 is 1.70 bits per heavy atom. The Kier molecular flexibility index (Phi) is 4.06. The molecule has 4 nitrogen and oxygen atoms in total. The van der Waals surface area contributed by atoms with Crippen molar-refractivity contribution in [1.29, 1.82) is 0 Å². The number of ketones is 1. The topological polar surface area (TPSA) is 59.3 Å². The van der Waals surface area contributed by atoms with Gasteiger partial charge in [-0.25, -0.2) is 0 Å². The molecule has 0 aliphatic rings. The van der Waals surface area contributed by atoms with Crippen LogP contribution >= 0.6 is 0 Å². The molecule has 1 aromatic heterocycles. The van der Waals surface area contributed by atoms with Gasteiger partial charge in [0.15, 0.2) is 5.76 Å². The summed E-state index contributed by atoms with van der Waals surface area (Å²) in [6, 6.07) is 16.7. The summed E-state index contributed by atoms with van der Waals surface area (Å²) >= 11 is 0. The molecule has 0 saturated heterocycles. The van der Waals surface area contributed by atoms with Gasteiger partial charge in [-0.2, -0.15) is 0 Å². The fourth-order valence-corrected chi connectivity index (χ4v) is 2.33. The minimum Gasteiger partial charge on any atom is -0.450 e. The number of amides is 1. The highest BCUT2D eigenvalue weighted by Crippen LogP contribution is 2.31. The standard InChI is InChI=1S/C19H15NO3/c1-13(21)20-18-15-9-5-6-10-17(15)23-19(18)16(22)12-11-14-7-3-2-4-8-14/h2-12H,1H3,(H,20,21)/b12-11+. The molecular weight excluding hydrogens is 290 g/mol. The van der Waals surface area contributed by atoms with E-state index in [0.717, 1.165) is 5.56 Å². The highest BCUT2D eigenvalue weighted by atomic mass is 16.3. The lowest BCUT2D eigenvalue weighted by Gasteiger charge is -2.01. The zero-order valence-corrected chi connectivity index (χ0v) is 12.6. The van der Waals surface area contributed by atoms with Crippen LogP contribution < -0.4 is 5.32 Å². The van der Waals surface area contributed by atoms with E-state index in [-0.39, 0.29) is 17.5 Å². The summed E-state index contributed by atoms with van der Waals surface area (Å²) in [5.74, 6) is -0.417. The number of carbonyl (C=O) groups excluding carboxylic acids is 2. The van der Waals surface area contributed by atoms with Crippen molar-refractivity contribution in [2.45, 2.75) is 6.92 Å². The number of carbonyl (C=O) groups is 2. The van der Waals surface area contributed by atoms with Crippen molar-refractivity contribution in [1.82, 2.24) is 0 Å². The van der Waals surface area contributed by atoms with Crippen LogP contribution in [0.2, 0.25) is 0 Å². The maximum absolute atomic E-state index is 12.5. The SMILES string of the molecule is CC(=O)Nc1c(C(=O)/C=C/c2ccccc2)oc2ccccc12. The lowest BCUT2D eigenvalue weighted by atomic mass is 10.1. The fraction of sp³-hybridized carbons (Fsp3) is 0.0526. The number of rotatable bonds is 4. The van der Waals surface area contributed by atoms with Gasteiger partial charge in [0, 0.05) is 12.3 Å². The van der Waals surface area contributed by atoms with Gasteiger partial charge in [0.1, 0.15) is 5.58 Å². The molecule has 0 atom stereocenters. The van der Waals surface area contributed by atoms with Gasteiger partial charge in [-0.05, 0) is 23.8 Å². The third-order valence-electron chi connectivity index (χ3n) is 3.35. The number of hydrogen-bond acceptors (Lipinski definition) is 3. The van der Waals surface area contributed by atoms with Crippen LogP contribution in [0.15, 0.2) is 65.1 Å². The summed E-state index contributed by atoms with van der Waals surface area (Å²) < 4.78 is 5.63. The average molecular weight is 305 g/mol. The van der Waals surface area contributed by atoms with Gasteiger partial charge >= 0.3 is 0 Å². The second-order valence-corrected chi connectivity index (χ2v) is 5.09. The van der Waals surface area contributed by atoms with E-state index in [4.69, 9.17) is 4.42 Å². The first kappa shape index (κ1) is 14.8. The predicted octanol–water partition coefficient (Wildman–Crippen LogP) is 4.29. The van der Waals surface area contributed by atoms with Gasteiger partial charge in [-0.3, -0.25) is 9.59 Å². The average Bonchev–Trinajstić information content (AvgIpc) is 2.92. The van der Waals surface area contributed by atoms with E-state index >= 15 is 0 Å². The third kappa shape index (κ3) is 3.21. The van der Waals surface area contributed by atoms with Gasteiger partial charge in [-0.15, -0.1) is 0 Å². The summed E-state index contributed by atoms with van der Waals surface area (Å²) in [6.07, 6.45) is 3.16. The summed E-state index contributed by atoms with van der Waals surface area (Å²) in [7, 11) is 0. The Balaban J connectivity index is 1.99. The predicted molar refractivity (Wildman–Crippen MR) is 90.3 cm³/mol. The minimum atomic E-state index is -0.297. The summed E-state index contributed by atoms with van der Waals surface area (Å²) in [5.41, 5.74) is 1.89. The molecule has 4 heteroatoms. The number of hydrogen-bond donors (Lipinski definition) is 1. The van der Waals surface area contributed by atoms with E-state index in [1.54, 1.807) is 12.1 Å². The van der Waals surface area contributed by atoms with Crippen molar-refractivity contribution < 1.29 is 14.0 Å². The van der Waals surface area contributed by atoms with Gasteiger partial charge in [-0.1, -0.05) is 48.5 Å². The molecule has 0 aliphatic heterocycles. The molecule has 0 saturated carbocycles. The van der Waals surface area contributed by atoms with Crippen molar-refractivity contribution in [3.05, 3.63) is 72.0 Å². The van der Waals surface area contributed by atoms with Crippen molar-refractivity contribution >= 4 is 34.4 Å². The monoisotopic (exact) mass is 305 g/mol. The van der Waals surface area contributed by atoms with Crippen LogP contribution in [0.25, 0.3) is 17.0 Å². The van der Waals surface area contributed by atoms with E-state index in [9.17, 15) is 9.59 Å². The van der Waals surface area contributed by atoms with Gasteiger partial charge in [0.25, 0.3) is 0 Å². The van der Waals surface area contributed by atoms with Crippen molar-refractivity contribution in [2.24, 2.45) is 0 Å². The number of para-hydroxylation sites is 1. The molecule has 0 bridgehead atoms. The number of benzene rings is 2. The molecule has 23 heavy (non-hydrogen) atoms. The quantitative estimate of drug-likeness (QED) is 0.578. The van der Waals surface area contributed by atoms with Gasteiger partial charge < -0.3 is 9.73 Å². The lowest BCUT2D eigenvalue weighted by Crippen LogP contribution is -2.08. The van der Waals surface area contributed by atoms with Crippen LogP contribution in [0.5, 0.6) is 0 Å². The van der Waals surface area contributed by atoms with Crippen LogP contribution in [-0.2, 0) is 4.79 Å². The molecule has 0 fully saturated rings. The van der Waals surface area contributed by atoms with Crippen molar-refractivity contribution in [2.75, 3.05) is 5.32 Å². The van der Waals surface area contributed by atoms with Gasteiger partial charge in [0.05, 0.1) is 5.69 Å².